The summed E-state index contributed by atoms with van der Waals surface area (Å²) in [6.07, 6.45) is -4.21. The van der Waals surface area contributed by atoms with Gasteiger partial charge in [0.05, 0.1) is 21.9 Å². The molecule has 0 spiro atoms. The monoisotopic (exact) mass is 505 g/mol. The van der Waals surface area contributed by atoms with E-state index in [0.29, 0.717) is 4.90 Å². The molecule has 1 aromatic carbocycles. The number of thiocarbonyl (C=S) groups is 1. The average Bonchev–Trinajstić information content (AvgIpc) is 3.24. The van der Waals surface area contributed by atoms with E-state index < -0.39 is 42.0 Å². The minimum atomic E-state index is -4.58. The van der Waals surface area contributed by atoms with Crippen LogP contribution in [0, 0.1) is 0 Å². The second-order valence-electron chi connectivity index (χ2n) is 6.40. The topological polar surface area (TPSA) is 108 Å². The van der Waals surface area contributed by atoms with Crippen LogP contribution in [0.15, 0.2) is 39.7 Å². The van der Waals surface area contributed by atoms with Crippen molar-refractivity contribution in [2.24, 2.45) is 0 Å². The standard InChI is InChI=1S/C19H11ClF3NO6S2/c20-11-3-1-8(19(21,22)23)5-10(11)13-4-2-9(30-13)6-14-16(27)24(18(31)32-14)12(17(28)29)7-15(25)26/h1-6,12H,7H2,(H,25,26)(H,28,29)/b14-6-. The summed E-state index contributed by atoms with van der Waals surface area (Å²) in [6.45, 7) is 0. The third-order valence-electron chi connectivity index (χ3n) is 4.25. The number of hydrogen-bond acceptors (Lipinski definition) is 6. The first-order valence-corrected chi connectivity index (χ1v) is 10.2. The van der Waals surface area contributed by atoms with Crippen molar-refractivity contribution in [3.05, 3.63) is 51.6 Å². The van der Waals surface area contributed by atoms with Gasteiger partial charge in [-0.25, -0.2) is 4.79 Å². The molecule has 168 valence electrons. The van der Waals surface area contributed by atoms with Crippen molar-refractivity contribution < 1.29 is 42.2 Å². The summed E-state index contributed by atoms with van der Waals surface area (Å²) in [6, 6.07) is 3.79. The number of nitrogens with zero attached hydrogens (tertiary/aromatic N) is 1. The average molecular weight is 506 g/mol. The number of thioether (sulfide) groups is 1. The number of carboxylic acid groups (broad SMARTS) is 2. The first kappa shape index (κ1) is 23.8. The largest absolute Gasteiger partial charge is 0.481 e. The molecule has 3 rings (SSSR count). The van der Waals surface area contributed by atoms with Crippen molar-refractivity contribution in [3.63, 3.8) is 0 Å². The number of aliphatic carboxylic acids is 2. The Balaban J connectivity index is 1.90. The van der Waals surface area contributed by atoms with E-state index in [1.807, 2.05) is 0 Å². The summed E-state index contributed by atoms with van der Waals surface area (Å²) in [7, 11) is 0. The summed E-state index contributed by atoms with van der Waals surface area (Å²) in [4.78, 5) is 35.6. The van der Waals surface area contributed by atoms with Crippen LogP contribution in [0.2, 0.25) is 5.02 Å². The molecule has 0 radical (unpaired) electrons. The number of halogens is 4. The number of carboxylic acids is 2. The van der Waals surface area contributed by atoms with Gasteiger partial charge in [0.15, 0.2) is 0 Å². The summed E-state index contributed by atoms with van der Waals surface area (Å²) in [5, 5.41) is 18.2. The third kappa shape index (κ3) is 4.97. The Kier molecular flexibility index (Phi) is 6.67. The van der Waals surface area contributed by atoms with Gasteiger partial charge in [-0.2, -0.15) is 13.2 Å². The van der Waals surface area contributed by atoms with E-state index >= 15 is 0 Å². The van der Waals surface area contributed by atoms with Crippen molar-refractivity contribution in [3.8, 4) is 11.3 Å². The van der Waals surface area contributed by atoms with E-state index in [9.17, 15) is 32.7 Å². The van der Waals surface area contributed by atoms with Crippen LogP contribution in [0.4, 0.5) is 13.2 Å². The Bertz CT molecular complexity index is 1160. The van der Waals surface area contributed by atoms with E-state index in [-0.39, 0.29) is 31.3 Å². The predicted octanol–water partition coefficient (Wildman–Crippen LogP) is 4.75. The summed E-state index contributed by atoms with van der Waals surface area (Å²) >= 11 is 11.8. The highest BCUT2D eigenvalue weighted by atomic mass is 35.5. The van der Waals surface area contributed by atoms with Crippen LogP contribution in [0.25, 0.3) is 17.4 Å². The smallest absolute Gasteiger partial charge is 0.416 e. The number of rotatable bonds is 6. The van der Waals surface area contributed by atoms with Crippen LogP contribution < -0.4 is 0 Å². The van der Waals surface area contributed by atoms with E-state index in [0.717, 1.165) is 30.0 Å². The maximum absolute atomic E-state index is 13.0. The van der Waals surface area contributed by atoms with Crippen molar-refractivity contribution in [1.82, 2.24) is 4.90 Å². The van der Waals surface area contributed by atoms with Crippen molar-refractivity contribution in [2.45, 2.75) is 18.6 Å². The van der Waals surface area contributed by atoms with Gasteiger partial charge in [0.2, 0.25) is 0 Å². The van der Waals surface area contributed by atoms with Gasteiger partial charge >= 0.3 is 18.1 Å². The van der Waals surface area contributed by atoms with Gasteiger partial charge < -0.3 is 14.6 Å². The molecular weight excluding hydrogens is 495 g/mol. The van der Waals surface area contributed by atoms with Crippen LogP contribution >= 0.6 is 35.6 Å². The van der Waals surface area contributed by atoms with Crippen molar-refractivity contribution >= 4 is 63.8 Å². The molecule has 2 heterocycles. The lowest BCUT2D eigenvalue weighted by Gasteiger charge is -2.21. The predicted molar refractivity (Wildman–Crippen MR) is 113 cm³/mol. The molecular formula is C19H11ClF3NO6S2. The highest BCUT2D eigenvalue weighted by molar-refractivity contribution is 8.26. The van der Waals surface area contributed by atoms with Crippen LogP contribution in [0.3, 0.4) is 0 Å². The first-order valence-electron chi connectivity index (χ1n) is 8.57. The lowest BCUT2D eigenvalue weighted by Crippen LogP contribution is -2.45. The van der Waals surface area contributed by atoms with Gasteiger partial charge in [-0.05, 0) is 30.3 Å². The second-order valence-corrected chi connectivity index (χ2v) is 8.48. The van der Waals surface area contributed by atoms with Gasteiger partial charge in [-0.15, -0.1) is 0 Å². The number of hydrogen-bond donors (Lipinski definition) is 2. The molecule has 1 saturated heterocycles. The molecule has 2 aromatic rings. The molecule has 1 amide bonds. The Hall–Kier alpha value is -2.83. The molecule has 1 aliphatic heterocycles. The number of benzene rings is 1. The molecule has 1 atom stereocenters. The van der Waals surface area contributed by atoms with Crippen molar-refractivity contribution in [1.29, 1.82) is 0 Å². The zero-order valence-corrected chi connectivity index (χ0v) is 17.9. The number of alkyl halides is 3. The third-order valence-corrected chi connectivity index (χ3v) is 5.91. The van der Waals surface area contributed by atoms with Gasteiger partial charge in [0.1, 0.15) is 21.9 Å². The molecule has 1 unspecified atom stereocenters. The van der Waals surface area contributed by atoms with Crippen LogP contribution in [0.5, 0.6) is 0 Å². The van der Waals surface area contributed by atoms with Gasteiger partial charge in [-0.3, -0.25) is 14.5 Å². The lowest BCUT2D eigenvalue weighted by molar-refractivity contribution is -0.150. The fourth-order valence-electron chi connectivity index (χ4n) is 2.80. The van der Waals surface area contributed by atoms with Crippen molar-refractivity contribution in [2.75, 3.05) is 0 Å². The Morgan fingerprint density at radius 1 is 1.25 bits per heavy atom. The first-order chi connectivity index (χ1) is 14.9. The fourth-order valence-corrected chi connectivity index (χ4v) is 4.35. The number of carbonyl (C=O) groups excluding carboxylic acids is 1. The molecule has 7 nitrogen and oxygen atoms in total. The van der Waals surface area contributed by atoms with Crippen LogP contribution in [-0.2, 0) is 20.6 Å². The quantitative estimate of drug-likeness (QED) is 0.428. The summed E-state index contributed by atoms with van der Waals surface area (Å²) < 4.78 is 44.3. The number of amides is 1. The molecule has 0 aliphatic carbocycles. The minimum absolute atomic E-state index is 0.0112. The molecule has 2 N–H and O–H groups in total. The van der Waals surface area contributed by atoms with E-state index in [1.54, 1.807) is 0 Å². The summed E-state index contributed by atoms with van der Waals surface area (Å²) in [5.74, 6) is -3.71. The van der Waals surface area contributed by atoms with E-state index in [4.69, 9.17) is 33.3 Å². The molecule has 0 saturated carbocycles. The molecule has 0 bridgehead atoms. The van der Waals surface area contributed by atoms with E-state index in [1.165, 1.54) is 18.2 Å². The van der Waals surface area contributed by atoms with Gasteiger partial charge in [-0.1, -0.05) is 35.6 Å². The van der Waals surface area contributed by atoms with Gasteiger partial charge in [0, 0.05) is 11.6 Å². The molecule has 1 aliphatic rings. The molecule has 1 aromatic heterocycles. The normalized spacial score (nSPS) is 16.6. The SMILES string of the molecule is O=C(O)CC(C(=O)O)N1C(=O)/C(=C/c2ccc(-c3cc(C(F)(F)F)ccc3Cl)o2)SC1=S. The van der Waals surface area contributed by atoms with E-state index in [2.05, 4.69) is 0 Å². The van der Waals surface area contributed by atoms with Crippen LogP contribution in [-0.4, -0.2) is 43.3 Å². The number of carbonyl (C=O) groups is 3. The molecule has 32 heavy (non-hydrogen) atoms. The maximum Gasteiger partial charge on any atom is 0.416 e. The zero-order valence-electron chi connectivity index (χ0n) is 15.6. The fraction of sp³-hybridized carbons (Fsp3) is 0.158. The van der Waals surface area contributed by atoms with Crippen LogP contribution in [0.1, 0.15) is 17.7 Å². The lowest BCUT2D eigenvalue weighted by atomic mass is 10.1. The maximum atomic E-state index is 13.0. The number of furan rings is 1. The Labute approximate surface area is 192 Å². The Morgan fingerprint density at radius 3 is 2.53 bits per heavy atom. The second kappa shape index (κ2) is 8.96. The Morgan fingerprint density at radius 2 is 1.94 bits per heavy atom. The summed E-state index contributed by atoms with van der Waals surface area (Å²) in [5.41, 5.74) is -0.935. The molecule has 1 fully saturated rings. The molecule has 13 heteroatoms. The highest BCUT2D eigenvalue weighted by Gasteiger charge is 2.41. The minimum Gasteiger partial charge on any atom is -0.481 e. The van der Waals surface area contributed by atoms with Gasteiger partial charge in [0.25, 0.3) is 5.91 Å². The zero-order chi connectivity index (χ0) is 23.8. The highest BCUT2D eigenvalue weighted by Crippen LogP contribution is 2.38.